The maximum atomic E-state index is 12.9. The summed E-state index contributed by atoms with van der Waals surface area (Å²) in [6.45, 7) is 2.43. The number of benzene rings is 2. The van der Waals surface area contributed by atoms with Gasteiger partial charge in [-0.25, -0.2) is 8.42 Å². The lowest BCUT2D eigenvalue weighted by Crippen LogP contribution is -2.37. The van der Waals surface area contributed by atoms with Gasteiger partial charge in [-0.15, -0.1) is 12.4 Å². The lowest BCUT2D eigenvalue weighted by Gasteiger charge is -2.21. The Hall–Kier alpha value is -2.29. The Morgan fingerprint density at radius 1 is 1.14 bits per heavy atom. The van der Waals surface area contributed by atoms with Gasteiger partial charge in [0.15, 0.2) is 0 Å². The van der Waals surface area contributed by atoms with Gasteiger partial charge in [-0.05, 0) is 50.4 Å². The number of ether oxygens (including phenoxy) is 1. The number of anilines is 1. The van der Waals surface area contributed by atoms with Gasteiger partial charge < -0.3 is 15.4 Å². The molecule has 0 heterocycles. The summed E-state index contributed by atoms with van der Waals surface area (Å²) in [4.78, 5) is 12.2. The molecule has 0 aromatic heterocycles. The van der Waals surface area contributed by atoms with Crippen molar-refractivity contribution in [1.82, 2.24) is 10.6 Å². The molecule has 28 heavy (non-hydrogen) atoms. The topological polar surface area (TPSA) is 87.7 Å². The fourth-order valence-corrected chi connectivity index (χ4v) is 3.61. The second-order valence-electron chi connectivity index (χ2n) is 6.07. The van der Waals surface area contributed by atoms with E-state index in [2.05, 4.69) is 10.6 Å². The van der Waals surface area contributed by atoms with Gasteiger partial charge in [-0.3, -0.25) is 9.10 Å². The summed E-state index contributed by atoms with van der Waals surface area (Å²) in [5.41, 5.74) is 0.833. The number of sulfonamides is 1. The van der Waals surface area contributed by atoms with E-state index >= 15 is 0 Å². The molecule has 0 radical (unpaired) electrons. The van der Waals surface area contributed by atoms with Crippen LogP contribution < -0.4 is 19.7 Å². The van der Waals surface area contributed by atoms with Crippen LogP contribution in [0.3, 0.4) is 0 Å². The van der Waals surface area contributed by atoms with E-state index in [0.29, 0.717) is 23.5 Å². The molecule has 0 spiro atoms. The van der Waals surface area contributed by atoms with Crippen LogP contribution in [-0.4, -0.2) is 48.1 Å². The molecule has 2 N–H and O–H groups in total. The summed E-state index contributed by atoms with van der Waals surface area (Å²) in [6, 6.07) is 12.9. The highest BCUT2D eigenvalue weighted by atomic mass is 35.5. The fraction of sp³-hybridized carbons (Fsp3) is 0.316. The molecule has 0 aliphatic rings. The zero-order valence-corrected chi connectivity index (χ0v) is 17.9. The Labute approximate surface area is 172 Å². The van der Waals surface area contributed by atoms with Gasteiger partial charge in [0.2, 0.25) is 0 Å². The molecule has 0 fully saturated rings. The zero-order valence-electron chi connectivity index (χ0n) is 16.3. The molecule has 2 rings (SSSR count). The first-order chi connectivity index (χ1) is 12.8. The minimum atomic E-state index is -3.79. The Kier molecular flexibility index (Phi) is 8.74. The number of para-hydroxylation sites is 2. The zero-order chi connectivity index (χ0) is 20.0. The lowest BCUT2D eigenvalue weighted by atomic mass is 10.2. The predicted molar refractivity (Wildman–Crippen MR) is 113 cm³/mol. The first-order valence-electron chi connectivity index (χ1n) is 8.48. The molecule has 0 bridgehead atoms. The number of methoxy groups -OCH3 is 1. The molecule has 1 atom stereocenters. The smallest absolute Gasteiger partial charge is 0.264 e. The monoisotopic (exact) mass is 427 g/mol. The number of amides is 1. The van der Waals surface area contributed by atoms with Crippen molar-refractivity contribution in [2.45, 2.75) is 17.9 Å². The lowest BCUT2D eigenvalue weighted by molar-refractivity contribution is 0.0950. The molecule has 0 aliphatic heterocycles. The summed E-state index contributed by atoms with van der Waals surface area (Å²) in [5, 5.41) is 5.82. The SMILES string of the molecule is CNC(C)CNC(=O)c1ccc(S(=O)(=O)N(C)c2ccccc2OC)cc1.Cl. The quantitative estimate of drug-likeness (QED) is 0.674. The third-order valence-corrected chi connectivity index (χ3v) is 6.05. The van der Waals surface area contributed by atoms with Gasteiger partial charge in [0.25, 0.3) is 15.9 Å². The van der Waals surface area contributed by atoms with Crippen LogP contribution in [0.15, 0.2) is 53.4 Å². The van der Waals surface area contributed by atoms with Crippen molar-refractivity contribution in [3.05, 3.63) is 54.1 Å². The van der Waals surface area contributed by atoms with Crippen LogP contribution in [0.2, 0.25) is 0 Å². The molecular weight excluding hydrogens is 402 g/mol. The minimum absolute atomic E-state index is 0. The number of rotatable bonds is 8. The molecule has 0 aliphatic carbocycles. The van der Waals surface area contributed by atoms with Crippen molar-refractivity contribution in [3.63, 3.8) is 0 Å². The highest BCUT2D eigenvalue weighted by molar-refractivity contribution is 7.92. The first kappa shape index (κ1) is 23.7. The average molecular weight is 428 g/mol. The Balaban J connectivity index is 0.00000392. The van der Waals surface area contributed by atoms with Gasteiger partial charge in [0.1, 0.15) is 5.75 Å². The molecule has 7 nitrogen and oxygen atoms in total. The Morgan fingerprint density at radius 3 is 2.32 bits per heavy atom. The largest absolute Gasteiger partial charge is 0.495 e. The fourth-order valence-electron chi connectivity index (χ4n) is 2.41. The summed E-state index contributed by atoms with van der Waals surface area (Å²) in [6.07, 6.45) is 0. The van der Waals surface area contributed by atoms with E-state index in [0.717, 1.165) is 4.31 Å². The molecule has 9 heteroatoms. The van der Waals surface area contributed by atoms with E-state index in [1.807, 2.05) is 14.0 Å². The Bertz CT molecular complexity index is 888. The van der Waals surface area contributed by atoms with Crippen molar-refractivity contribution < 1.29 is 17.9 Å². The number of halogens is 1. The number of nitrogens with one attached hydrogen (secondary N) is 2. The first-order valence-corrected chi connectivity index (χ1v) is 9.92. The Morgan fingerprint density at radius 2 is 1.75 bits per heavy atom. The second-order valence-corrected chi connectivity index (χ2v) is 8.04. The molecule has 0 saturated carbocycles. The van der Waals surface area contributed by atoms with E-state index in [4.69, 9.17) is 4.74 Å². The maximum absolute atomic E-state index is 12.9. The molecule has 0 saturated heterocycles. The van der Waals surface area contributed by atoms with E-state index in [-0.39, 0.29) is 29.3 Å². The number of likely N-dealkylation sites (N-methyl/N-ethyl adjacent to an activating group) is 1. The van der Waals surface area contributed by atoms with Crippen molar-refractivity contribution >= 4 is 34.0 Å². The van der Waals surface area contributed by atoms with Crippen molar-refractivity contribution in [2.24, 2.45) is 0 Å². The third-order valence-electron chi connectivity index (χ3n) is 4.26. The van der Waals surface area contributed by atoms with Gasteiger partial charge in [-0.1, -0.05) is 12.1 Å². The van der Waals surface area contributed by atoms with Crippen LogP contribution >= 0.6 is 12.4 Å². The average Bonchev–Trinajstić information content (AvgIpc) is 2.71. The highest BCUT2D eigenvalue weighted by Crippen LogP contribution is 2.30. The summed E-state index contributed by atoms with van der Waals surface area (Å²) in [7, 11) is 0.982. The standard InChI is InChI=1S/C19H25N3O4S.ClH/c1-14(20-2)13-21-19(23)15-9-11-16(12-10-15)27(24,25)22(3)17-7-5-6-8-18(17)26-4;/h5-12,14,20H,13H2,1-4H3,(H,21,23);1H. The highest BCUT2D eigenvalue weighted by Gasteiger charge is 2.23. The molecule has 154 valence electrons. The summed E-state index contributed by atoms with van der Waals surface area (Å²) < 4.78 is 32.2. The van der Waals surface area contributed by atoms with Crippen molar-refractivity contribution in [2.75, 3.05) is 32.1 Å². The van der Waals surface area contributed by atoms with Crippen molar-refractivity contribution in [1.29, 1.82) is 0 Å². The normalized spacial score (nSPS) is 11.9. The van der Waals surface area contributed by atoms with Gasteiger partial charge in [-0.2, -0.15) is 0 Å². The molecule has 1 amide bonds. The van der Waals surface area contributed by atoms with E-state index in [1.54, 1.807) is 24.3 Å². The summed E-state index contributed by atoms with van der Waals surface area (Å²) in [5.74, 6) is 0.206. The van der Waals surface area contributed by atoms with E-state index in [9.17, 15) is 13.2 Å². The number of carbonyl (C=O) groups is 1. The molecule has 2 aromatic carbocycles. The van der Waals surface area contributed by atoms with Gasteiger partial charge >= 0.3 is 0 Å². The van der Waals surface area contributed by atoms with Crippen LogP contribution in [0.1, 0.15) is 17.3 Å². The third kappa shape index (κ3) is 5.37. The molecule has 2 aromatic rings. The number of hydrogen-bond donors (Lipinski definition) is 2. The minimum Gasteiger partial charge on any atom is -0.495 e. The van der Waals surface area contributed by atoms with Crippen LogP contribution in [0.5, 0.6) is 5.75 Å². The number of nitrogens with zero attached hydrogens (tertiary/aromatic N) is 1. The van der Waals surface area contributed by atoms with Crippen LogP contribution in [0.4, 0.5) is 5.69 Å². The molecule has 1 unspecified atom stereocenters. The number of hydrogen-bond acceptors (Lipinski definition) is 5. The predicted octanol–water partition coefficient (Wildman–Crippen LogP) is 2.28. The molecular formula is C19H26ClN3O4S. The van der Waals surface area contributed by atoms with Crippen molar-refractivity contribution in [3.8, 4) is 5.75 Å². The van der Waals surface area contributed by atoms with Crippen LogP contribution in [0, 0.1) is 0 Å². The second kappa shape index (κ2) is 10.3. The van der Waals surface area contributed by atoms with Gasteiger partial charge in [0.05, 0.1) is 17.7 Å². The van der Waals surface area contributed by atoms with Gasteiger partial charge in [0, 0.05) is 25.2 Å². The summed E-state index contributed by atoms with van der Waals surface area (Å²) >= 11 is 0. The number of carbonyl (C=O) groups excluding carboxylic acids is 1. The maximum Gasteiger partial charge on any atom is 0.264 e. The van der Waals surface area contributed by atoms with Crippen LogP contribution in [0.25, 0.3) is 0 Å². The van der Waals surface area contributed by atoms with Crippen LogP contribution in [-0.2, 0) is 10.0 Å². The van der Waals surface area contributed by atoms with E-state index in [1.165, 1.54) is 38.4 Å². The van der Waals surface area contributed by atoms with E-state index < -0.39 is 10.0 Å².